The van der Waals surface area contributed by atoms with Gasteiger partial charge in [0.1, 0.15) is 0 Å². The van der Waals surface area contributed by atoms with Crippen LogP contribution in [0.15, 0.2) is 28.7 Å². The predicted molar refractivity (Wildman–Crippen MR) is 100 cm³/mol. The van der Waals surface area contributed by atoms with Gasteiger partial charge in [-0.1, -0.05) is 13.8 Å². The fraction of sp³-hybridized carbons (Fsp3) is 0.474. The maximum atomic E-state index is 12.4. The summed E-state index contributed by atoms with van der Waals surface area (Å²) >= 11 is 0. The maximum absolute atomic E-state index is 12.4. The molecule has 1 atom stereocenters. The van der Waals surface area contributed by atoms with E-state index in [0.717, 1.165) is 12.0 Å². The van der Waals surface area contributed by atoms with Gasteiger partial charge in [-0.05, 0) is 43.5 Å². The summed E-state index contributed by atoms with van der Waals surface area (Å²) in [5.74, 6) is 1.04. The highest BCUT2D eigenvalue weighted by atomic mass is 16.5. The SMILES string of the molecule is CCOC(=O)NC(CNC(=O)c1ccc(-c2nnc(C)o2)cc1)CC(C)C. The smallest absolute Gasteiger partial charge is 0.407 e. The zero-order valence-corrected chi connectivity index (χ0v) is 16.1. The number of aryl methyl sites for hydroxylation is 1. The normalized spacial score (nSPS) is 11.9. The average molecular weight is 374 g/mol. The second kappa shape index (κ2) is 9.70. The van der Waals surface area contributed by atoms with Crippen LogP contribution in [0.5, 0.6) is 0 Å². The molecule has 1 aromatic heterocycles. The van der Waals surface area contributed by atoms with Crippen LogP contribution < -0.4 is 10.6 Å². The van der Waals surface area contributed by atoms with E-state index in [2.05, 4.69) is 34.7 Å². The van der Waals surface area contributed by atoms with Crippen LogP contribution in [0.1, 0.15) is 43.4 Å². The number of amides is 2. The predicted octanol–water partition coefficient (Wildman–Crippen LogP) is 2.94. The molecule has 0 radical (unpaired) electrons. The second-order valence-corrected chi connectivity index (χ2v) is 6.60. The molecule has 8 nitrogen and oxygen atoms in total. The second-order valence-electron chi connectivity index (χ2n) is 6.60. The van der Waals surface area contributed by atoms with Crippen LogP contribution in [-0.4, -0.2) is 41.4 Å². The van der Waals surface area contributed by atoms with Crippen LogP contribution in [0.25, 0.3) is 11.5 Å². The van der Waals surface area contributed by atoms with Gasteiger partial charge in [0.2, 0.25) is 11.8 Å². The van der Waals surface area contributed by atoms with Gasteiger partial charge in [0, 0.05) is 30.6 Å². The minimum atomic E-state index is -0.475. The number of nitrogens with one attached hydrogen (secondary N) is 2. The Labute approximate surface area is 158 Å². The molecule has 1 aromatic carbocycles. The van der Waals surface area contributed by atoms with E-state index in [4.69, 9.17) is 9.15 Å². The lowest BCUT2D eigenvalue weighted by Crippen LogP contribution is -2.44. The van der Waals surface area contributed by atoms with Gasteiger partial charge in [-0.3, -0.25) is 4.79 Å². The van der Waals surface area contributed by atoms with Gasteiger partial charge >= 0.3 is 6.09 Å². The van der Waals surface area contributed by atoms with Crippen LogP contribution in [0.2, 0.25) is 0 Å². The molecule has 1 heterocycles. The molecule has 8 heteroatoms. The summed E-state index contributed by atoms with van der Waals surface area (Å²) in [5.41, 5.74) is 1.25. The van der Waals surface area contributed by atoms with Crippen molar-refractivity contribution >= 4 is 12.0 Å². The van der Waals surface area contributed by atoms with E-state index in [1.165, 1.54) is 0 Å². The van der Waals surface area contributed by atoms with Gasteiger partial charge in [0.25, 0.3) is 5.91 Å². The van der Waals surface area contributed by atoms with E-state index in [1.54, 1.807) is 38.1 Å². The van der Waals surface area contributed by atoms with Crippen molar-refractivity contribution in [1.29, 1.82) is 0 Å². The van der Waals surface area contributed by atoms with Gasteiger partial charge in [-0.15, -0.1) is 10.2 Å². The van der Waals surface area contributed by atoms with E-state index in [-0.39, 0.29) is 11.9 Å². The highest BCUT2D eigenvalue weighted by Crippen LogP contribution is 2.18. The number of hydrogen-bond acceptors (Lipinski definition) is 6. The maximum Gasteiger partial charge on any atom is 0.407 e. The lowest BCUT2D eigenvalue weighted by Gasteiger charge is -2.20. The Balaban J connectivity index is 1.94. The van der Waals surface area contributed by atoms with Crippen LogP contribution >= 0.6 is 0 Å². The molecule has 0 bridgehead atoms. The number of aromatic nitrogens is 2. The van der Waals surface area contributed by atoms with Crippen molar-refractivity contribution in [2.45, 2.75) is 40.2 Å². The Hall–Kier alpha value is -2.90. The molecule has 2 N–H and O–H groups in total. The van der Waals surface area contributed by atoms with Crippen LogP contribution in [0.4, 0.5) is 4.79 Å². The number of nitrogens with zero attached hydrogens (tertiary/aromatic N) is 2. The summed E-state index contributed by atoms with van der Waals surface area (Å²) < 4.78 is 10.3. The van der Waals surface area contributed by atoms with Crippen molar-refractivity contribution in [3.05, 3.63) is 35.7 Å². The summed E-state index contributed by atoms with van der Waals surface area (Å²) in [4.78, 5) is 24.0. The lowest BCUT2D eigenvalue weighted by atomic mass is 10.0. The fourth-order valence-electron chi connectivity index (χ4n) is 2.60. The van der Waals surface area contributed by atoms with Crippen LogP contribution in [0, 0.1) is 12.8 Å². The van der Waals surface area contributed by atoms with Crippen molar-refractivity contribution in [2.24, 2.45) is 5.92 Å². The third-order valence-electron chi connectivity index (χ3n) is 3.78. The number of rotatable bonds is 8. The Morgan fingerprint density at radius 3 is 2.44 bits per heavy atom. The topological polar surface area (TPSA) is 106 Å². The fourth-order valence-corrected chi connectivity index (χ4v) is 2.60. The Morgan fingerprint density at radius 2 is 1.89 bits per heavy atom. The van der Waals surface area contributed by atoms with Crippen molar-refractivity contribution < 1.29 is 18.7 Å². The van der Waals surface area contributed by atoms with E-state index in [1.807, 2.05) is 0 Å². The number of carbonyl (C=O) groups is 2. The minimum Gasteiger partial charge on any atom is -0.450 e. The Morgan fingerprint density at radius 1 is 1.19 bits per heavy atom. The molecule has 0 aliphatic rings. The molecule has 0 aliphatic carbocycles. The molecular weight excluding hydrogens is 348 g/mol. The molecule has 0 saturated carbocycles. The van der Waals surface area contributed by atoms with Gasteiger partial charge in [0.05, 0.1) is 6.61 Å². The number of ether oxygens (including phenoxy) is 1. The lowest BCUT2D eigenvalue weighted by molar-refractivity contribution is 0.0944. The molecule has 1 unspecified atom stereocenters. The number of benzene rings is 1. The first-order chi connectivity index (χ1) is 12.9. The first-order valence-corrected chi connectivity index (χ1v) is 9.01. The third kappa shape index (κ3) is 6.40. The quantitative estimate of drug-likeness (QED) is 0.736. The summed E-state index contributed by atoms with van der Waals surface area (Å²) in [7, 11) is 0. The molecule has 0 aliphatic heterocycles. The van der Waals surface area contributed by atoms with Gasteiger partial charge < -0.3 is 19.8 Å². The zero-order valence-electron chi connectivity index (χ0n) is 16.1. The Bertz CT molecular complexity index is 755. The average Bonchev–Trinajstić information content (AvgIpc) is 3.05. The molecule has 2 aromatic rings. The first kappa shape index (κ1) is 20.4. The molecule has 27 heavy (non-hydrogen) atoms. The molecule has 0 saturated heterocycles. The summed E-state index contributed by atoms with van der Waals surface area (Å²) in [6.07, 6.45) is 0.255. The Kier molecular flexibility index (Phi) is 7.34. The number of alkyl carbamates (subject to hydrolysis) is 1. The first-order valence-electron chi connectivity index (χ1n) is 9.01. The molecule has 0 fully saturated rings. The standard InChI is InChI=1S/C19H26N4O4/c1-5-26-19(25)21-16(10-12(2)3)11-20-17(24)14-6-8-15(9-7-14)18-23-22-13(4)27-18/h6-9,12,16H,5,10-11H2,1-4H3,(H,20,24)(H,21,25). The highest BCUT2D eigenvalue weighted by molar-refractivity contribution is 5.94. The van der Waals surface area contributed by atoms with Crippen molar-refractivity contribution in [3.8, 4) is 11.5 Å². The van der Waals surface area contributed by atoms with E-state index in [9.17, 15) is 9.59 Å². The van der Waals surface area contributed by atoms with Gasteiger partial charge in [-0.25, -0.2) is 4.79 Å². The monoisotopic (exact) mass is 374 g/mol. The van der Waals surface area contributed by atoms with Crippen molar-refractivity contribution in [3.63, 3.8) is 0 Å². The highest BCUT2D eigenvalue weighted by Gasteiger charge is 2.16. The minimum absolute atomic E-state index is 0.200. The zero-order chi connectivity index (χ0) is 19.8. The van der Waals surface area contributed by atoms with Crippen molar-refractivity contribution in [2.75, 3.05) is 13.2 Å². The summed E-state index contributed by atoms with van der Waals surface area (Å²) in [6, 6.07) is 6.70. The number of hydrogen-bond donors (Lipinski definition) is 2. The molecule has 0 spiro atoms. The largest absolute Gasteiger partial charge is 0.450 e. The van der Waals surface area contributed by atoms with Gasteiger partial charge in [-0.2, -0.15) is 0 Å². The van der Waals surface area contributed by atoms with E-state index in [0.29, 0.717) is 36.4 Å². The summed E-state index contributed by atoms with van der Waals surface area (Å²) in [6.45, 7) is 8.20. The van der Waals surface area contributed by atoms with E-state index >= 15 is 0 Å². The molecule has 146 valence electrons. The molecule has 2 rings (SSSR count). The van der Waals surface area contributed by atoms with E-state index < -0.39 is 6.09 Å². The molecular formula is C19H26N4O4. The van der Waals surface area contributed by atoms with Crippen LogP contribution in [-0.2, 0) is 4.74 Å². The third-order valence-corrected chi connectivity index (χ3v) is 3.78. The number of carbonyl (C=O) groups excluding carboxylic acids is 2. The van der Waals surface area contributed by atoms with Crippen LogP contribution in [0.3, 0.4) is 0 Å². The molecule has 2 amide bonds. The van der Waals surface area contributed by atoms with Gasteiger partial charge in [0.15, 0.2) is 0 Å². The summed E-state index contributed by atoms with van der Waals surface area (Å²) in [5, 5.41) is 13.4. The van der Waals surface area contributed by atoms with Crippen molar-refractivity contribution in [1.82, 2.24) is 20.8 Å².